The maximum Gasteiger partial charge on any atom is 0.308 e. The third kappa shape index (κ3) is 9.53. The van der Waals surface area contributed by atoms with E-state index in [0.717, 1.165) is 23.6 Å². The summed E-state index contributed by atoms with van der Waals surface area (Å²) in [6, 6.07) is 10.9. The molecule has 0 aliphatic carbocycles. The fourth-order valence-electron chi connectivity index (χ4n) is 5.92. The van der Waals surface area contributed by atoms with E-state index in [1.165, 1.54) is 0 Å². The van der Waals surface area contributed by atoms with E-state index in [4.69, 9.17) is 9.16 Å². The molecular formula is C37H53N3O6Si. The summed E-state index contributed by atoms with van der Waals surface area (Å²) in [5, 5.41) is 7.95. The van der Waals surface area contributed by atoms with E-state index in [1.807, 2.05) is 69.3 Å². The lowest BCUT2D eigenvalue weighted by Crippen LogP contribution is -2.62. The van der Waals surface area contributed by atoms with Crippen LogP contribution in [0.25, 0.3) is 10.8 Å². The molecule has 0 spiro atoms. The molecule has 2 heterocycles. The molecule has 256 valence electrons. The number of carbonyl (C=O) groups is 4. The number of fused-ring (bicyclic) bond motifs is 2. The summed E-state index contributed by atoms with van der Waals surface area (Å²) in [5.74, 6) is -1.35. The Labute approximate surface area is 281 Å². The number of nitrogens with one attached hydrogen (secondary N) is 2. The Kier molecular flexibility index (Phi) is 11.4. The highest BCUT2D eigenvalue weighted by Gasteiger charge is 2.42. The lowest BCUT2D eigenvalue weighted by molar-refractivity contribution is -0.156. The van der Waals surface area contributed by atoms with Crippen LogP contribution in [-0.2, 0) is 23.5 Å². The Bertz CT molecular complexity index is 1490. The summed E-state index contributed by atoms with van der Waals surface area (Å²) < 4.78 is 12.0. The van der Waals surface area contributed by atoms with E-state index in [0.29, 0.717) is 24.8 Å². The van der Waals surface area contributed by atoms with Crippen molar-refractivity contribution >= 4 is 42.8 Å². The molecule has 2 aromatic carbocycles. The summed E-state index contributed by atoms with van der Waals surface area (Å²) in [5.41, 5.74) is -0.196. The van der Waals surface area contributed by atoms with Gasteiger partial charge in [0.25, 0.3) is 5.91 Å². The molecule has 1 fully saturated rings. The number of hydrogen-bond acceptors (Lipinski definition) is 6. The molecule has 9 nitrogen and oxygen atoms in total. The maximum atomic E-state index is 14.2. The van der Waals surface area contributed by atoms with Gasteiger partial charge in [0, 0.05) is 11.6 Å². The third-order valence-corrected chi connectivity index (χ3v) is 14.0. The molecule has 2 aliphatic heterocycles. The van der Waals surface area contributed by atoms with Crippen molar-refractivity contribution in [2.75, 3.05) is 6.61 Å². The molecule has 0 bridgehead atoms. The number of rotatable bonds is 9. The van der Waals surface area contributed by atoms with Gasteiger partial charge in [-0.1, -0.05) is 63.3 Å². The molecule has 4 atom stereocenters. The Morgan fingerprint density at radius 3 is 2.32 bits per heavy atom. The minimum absolute atomic E-state index is 0.0467. The smallest absolute Gasteiger partial charge is 0.308 e. The van der Waals surface area contributed by atoms with Crippen LogP contribution in [0, 0.1) is 0 Å². The van der Waals surface area contributed by atoms with Crippen LogP contribution in [0.2, 0.25) is 18.1 Å². The second kappa shape index (κ2) is 14.7. The average molecular weight is 664 g/mol. The summed E-state index contributed by atoms with van der Waals surface area (Å²) in [4.78, 5) is 56.3. The number of benzene rings is 2. The summed E-state index contributed by atoms with van der Waals surface area (Å²) in [6.07, 6.45) is 6.94. The number of piperidine rings is 1. The molecule has 10 heteroatoms. The topological polar surface area (TPSA) is 114 Å². The summed E-state index contributed by atoms with van der Waals surface area (Å²) >= 11 is 0. The first-order valence-corrected chi connectivity index (χ1v) is 19.8. The van der Waals surface area contributed by atoms with Gasteiger partial charge in [-0.3, -0.25) is 19.2 Å². The third-order valence-electron chi connectivity index (χ3n) is 9.49. The second-order valence-electron chi connectivity index (χ2n) is 15.4. The highest BCUT2D eigenvalue weighted by molar-refractivity contribution is 6.74. The van der Waals surface area contributed by atoms with Crippen molar-refractivity contribution in [2.24, 2.45) is 0 Å². The summed E-state index contributed by atoms with van der Waals surface area (Å²) in [6.45, 7) is 16.3. The van der Waals surface area contributed by atoms with Crippen molar-refractivity contribution < 1.29 is 28.3 Å². The lowest BCUT2D eigenvalue weighted by Gasteiger charge is -2.44. The van der Waals surface area contributed by atoms with Gasteiger partial charge in [-0.25, -0.2) is 0 Å². The molecule has 0 unspecified atom stereocenters. The zero-order chi connectivity index (χ0) is 34.6. The molecule has 47 heavy (non-hydrogen) atoms. The van der Waals surface area contributed by atoms with Gasteiger partial charge in [-0.05, 0) is 93.9 Å². The zero-order valence-corrected chi connectivity index (χ0v) is 30.4. The molecule has 4 rings (SSSR count). The fraction of sp³-hybridized carbons (Fsp3) is 0.568. The van der Waals surface area contributed by atoms with E-state index in [1.54, 1.807) is 11.0 Å². The minimum atomic E-state index is -2.19. The van der Waals surface area contributed by atoms with Gasteiger partial charge in [-0.2, -0.15) is 0 Å². The van der Waals surface area contributed by atoms with Crippen molar-refractivity contribution in [1.82, 2.24) is 15.5 Å². The molecule has 1 saturated heterocycles. The molecule has 0 radical (unpaired) electrons. The quantitative estimate of drug-likeness (QED) is 0.186. The normalized spacial score (nSPS) is 21.3. The Hall–Kier alpha value is -3.50. The molecule has 2 N–H and O–H groups in total. The Balaban J connectivity index is 1.53. The predicted molar refractivity (Wildman–Crippen MR) is 187 cm³/mol. The Morgan fingerprint density at radius 2 is 1.64 bits per heavy atom. The fourth-order valence-corrected chi connectivity index (χ4v) is 6.97. The molecule has 0 saturated carbocycles. The van der Waals surface area contributed by atoms with Crippen LogP contribution < -0.4 is 10.6 Å². The van der Waals surface area contributed by atoms with Crippen LogP contribution in [0.4, 0.5) is 0 Å². The van der Waals surface area contributed by atoms with Gasteiger partial charge < -0.3 is 24.7 Å². The molecule has 0 aromatic heterocycles. The molecule has 3 amide bonds. The van der Waals surface area contributed by atoms with Crippen LogP contribution in [0.5, 0.6) is 0 Å². The SMILES string of the molecule is CC(C)(C)OC(=O)C[C@@H](CO[Si](C)(C)C(C)(C)C)NC(=O)[C@@H]1CCC[C@@H]2CC=CC[C@H](NC(=O)c3ccc4ccccc4c3)C(=O)N21. The van der Waals surface area contributed by atoms with E-state index in [9.17, 15) is 19.2 Å². The van der Waals surface area contributed by atoms with Crippen LogP contribution in [0.1, 0.15) is 90.4 Å². The largest absolute Gasteiger partial charge is 0.460 e. The van der Waals surface area contributed by atoms with Gasteiger partial charge >= 0.3 is 5.97 Å². The number of hydrogen-bond donors (Lipinski definition) is 2. The monoisotopic (exact) mass is 663 g/mol. The minimum Gasteiger partial charge on any atom is -0.460 e. The second-order valence-corrected chi connectivity index (χ2v) is 20.3. The van der Waals surface area contributed by atoms with E-state index in [2.05, 4.69) is 44.5 Å². The van der Waals surface area contributed by atoms with Crippen molar-refractivity contribution in [3.05, 3.63) is 60.2 Å². The van der Waals surface area contributed by atoms with Crippen LogP contribution in [0.3, 0.4) is 0 Å². The highest BCUT2D eigenvalue weighted by atomic mass is 28.4. The zero-order valence-electron chi connectivity index (χ0n) is 29.4. The molecular weight excluding hydrogens is 611 g/mol. The van der Waals surface area contributed by atoms with Crippen molar-refractivity contribution in [3.63, 3.8) is 0 Å². The first-order chi connectivity index (χ1) is 21.9. The van der Waals surface area contributed by atoms with E-state index < -0.39 is 38.0 Å². The standard InChI is InChI=1S/C37H53N3O6Si/c1-36(2,3)46-32(41)23-28(24-45-47(7,8)37(4,5)6)38-34(43)31-19-13-17-29-16-11-12-18-30(35(44)40(29)31)39-33(42)27-21-20-25-14-9-10-15-26(25)22-27/h9-12,14-15,20-22,28-31H,13,16-19,23-24H2,1-8H3,(H,38,43)(H,39,42)/t28-,29-,30-,31-/m0/s1. The number of carbonyl (C=O) groups excluding carboxylic acids is 4. The van der Waals surface area contributed by atoms with Crippen molar-refractivity contribution in [1.29, 1.82) is 0 Å². The van der Waals surface area contributed by atoms with Crippen molar-refractivity contribution in [2.45, 2.75) is 128 Å². The molecule has 2 aromatic rings. The van der Waals surface area contributed by atoms with E-state index in [-0.39, 0.29) is 41.8 Å². The van der Waals surface area contributed by atoms with Gasteiger partial charge in [0.1, 0.15) is 17.7 Å². The highest BCUT2D eigenvalue weighted by Crippen LogP contribution is 2.37. The number of amides is 3. The summed E-state index contributed by atoms with van der Waals surface area (Å²) in [7, 11) is -2.19. The van der Waals surface area contributed by atoms with Gasteiger partial charge in [0.2, 0.25) is 11.8 Å². The lowest BCUT2D eigenvalue weighted by atomic mass is 9.90. The maximum absolute atomic E-state index is 14.2. The predicted octanol–water partition coefficient (Wildman–Crippen LogP) is 6.28. The van der Waals surface area contributed by atoms with Crippen LogP contribution >= 0.6 is 0 Å². The average Bonchev–Trinajstić information content (AvgIpc) is 2.98. The van der Waals surface area contributed by atoms with Gasteiger partial charge in [-0.15, -0.1) is 0 Å². The first kappa shape index (κ1) is 36.3. The number of nitrogens with zero attached hydrogens (tertiary/aromatic N) is 1. The number of ether oxygens (including phenoxy) is 1. The first-order valence-electron chi connectivity index (χ1n) is 16.9. The Morgan fingerprint density at radius 1 is 0.957 bits per heavy atom. The van der Waals surface area contributed by atoms with Gasteiger partial charge in [0.05, 0.1) is 19.1 Å². The van der Waals surface area contributed by atoms with Crippen LogP contribution in [-0.4, -0.2) is 73.3 Å². The van der Waals surface area contributed by atoms with Crippen molar-refractivity contribution in [3.8, 4) is 0 Å². The van der Waals surface area contributed by atoms with Gasteiger partial charge in [0.15, 0.2) is 8.32 Å². The van der Waals surface area contributed by atoms with E-state index >= 15 is 0 Å². The van der Waals surface area contributed by atoms with Crippen LogP contribution in [0.15, 0.2) is 54.6 Å². The molecule has 2 aliphatic rings. The number of esters is 1.